The van der Waals surface area contributed by atoms with E-state index >= 15 is 0 Å². The molecule has 5 nitrogen and oxygen atoms in total. The summed E-state index contributed by atoms with van der Waals surface area (Å²) in [6.07, 6.45) is 0.0477. The minimum atomic E-state index is -3.02. The van der Waals surface area contributed by atoms with E-state index < -0.39 is 24.2 Å². The van der Waals surface area contributed by atoms with Gasteiger partial charge in [0.25, 0.3) is 6.43 Å². The van der Waals surface area contributed by atoms with E-state index in [0.717, 1.165) is 25.7 Å². The first-order valence-electron chi connectivity index (χ1n) is 6.66. The Bertz CT molecular complexity index is 478. The minimum absolute atomic E-state index is 0.0834. The van der Waals surface area contributed by atoms with E-state index in [4.69, 9.17) is 9.26 Å². The van der Waals surface area contributed by atoms with Crippen molar-refractivity contribution in [1.82, 2.24) is 10.1 Å². The van der Waals surface area contributed by atoms with Crippen molar-refractivity contribution in [2.45, 2.75) is 51.1 Å². The normalized spacial score (nSPS) is 26.9. The Labute approximate surface area is 115 Å². The first-order valence-corrected chi connectivity index (χ1v) is 6.66. The molecule has 1 heterocycles. The number of alkyl halides is 2. The predicted molar refractivity (Wildman–Crippen MR) is 65.3 cm³/mol. The van der Waals surface area contributed by atoms with Gasteiger partial charge in [0, 0.05) is 7.11 Å². The van der Waals surface area contributed by atoms with Crippen LogP contribution in [0.15, 0.2) is 4.52 Å². The number of methoxy groups -OCH3 is 1. The van der Waals surface area contributed by atoms with Gasteiger partial charge in [0.1, 0.15) is 5.60 Å². The van der Waals surface area contributed by atoms with Crippen LogP contribution in [0.4, 0.5) is 8.78 Å². The number of carbonyl (C=O) groups is 1. The zero-order chi connectivity index (χ0) is 14.8. The van der Waals surface area contributed by atoms with E-state index in [-0.39, 0.29) is 5.89 Å². The SMILES string of the molecule is COC1(c2noc(CC(=O)C(F)F)n2)CCCC(C)C1. The summed E-state index contributed by atoms with van der Waals surface area (Å²) in [4.78, 5) is 15.1. The molecule has 0 radical (unpaired) electrons. The average molecular weight is 288 g/mol. The number of hydrogen-bond acceptors (Lipinski definition) is 5. The molecule has 2 unspecified atom stereocenters. The molecule has 0 saturated heterocycles. The minimum Gasteiger partial charge on any atom is -0.370 e. The van der Waals surface area contributed by atoms with Crippen molar-refractivity contribution in [3.8, 4) is 0 Å². The van der Waals surface area contributed by atoms with Crippen molar-refractivity contribution in [2.24, 2.45) is 5.92 Å². The Morgan fingerprint density at radius 2 is 2.35 bits per heavy atom. The molecule has 2 atom stereocenters. The first kappa shape index (κ1) is 15.0. The molecule has 1 aliphatic carbocycles. The summed E-state index contributed by atoms with van der Waals surface area (Å²) in [5.41, 5.74) is -0.632. The Morgan fingerprint density at radius 1 is 1.60 bits per heavy atom. The summed E-state index contributed by atoms with van der Waals surface area (Å²) >= 11 is 0. The second kappa shape index (κ2) is 5.95. The smallest absolute Gasteiger partial charge is 0.296 e. The number of halogens is 2. The lowest BCUT2D eigenvalue weighted by Crippen LogP contribution is -2.35. The maximum absolute atomic E-state index is 12.2. The van der Waals surface area contributed by atoms with Gasteiger partial charge in [-0.05, 0) is 25.2 Å². The number of aromatic nitrogens is 2. The van der Waals surface area contributed by atoms with Gasteiger partial charge in [-0.2, -0.15) is 4.98 Å². The van der Waals surface area contributed by atoms with Gasteiger partial charge in [0.15, 0.2) is 0 Å². The maximum Gasteiger partial charge on any atom is 0.296 e. The standard InChI is InChI=1S/C13H18F2N2O3/c1-8-4-3-5-13(7-8,19-2)12-16-10(20-17-12)6-9(18)11(14)15/h8,11H,3-7H2,1-2H3. The van der Waals surface area contributed by atoms with E-state index in [0.29, 0.717) is 11.7 Å². The molecule has 112 valence electrons. The number of ketones is 1. The van der Waals surface area contributed by atoms with E-state index in [9.17, 15) is 13.6 Å². The molecular weight excluding hydrogens is 270 g/mol. The molecule has 0 aliphatic heterocycles. The number of carbonyl (C=O) groups excluding carboxylic acids is 1. The molecule has 0 amide bonds. The van der Waals surface area contributed by atoms with Crippen LogP contribution in [0.5, 0.6) is 0 Å². The van der Waals surface area contributed by atoms with Crippen LogP contribution < -0.4 is 0 Å². The quantitative estimate of drug-likeness (QED) is 0.833. The van der Waals surface area contributed by atoms with Gasteiger partial charge in [0.05, 0.1) is 6.42 Å². The number of ether oxygens (including phenoxy) is 1. The summed E-state index contributed by atoms with van der Waals surface area (Å²) in [6.45, 7) is 2.12. The monoisotopic (exact) mass is 288 g/mol. The fraction of sp³-hybridized carbons (Fsp3) is 0.769. The summed E-state index contributed by atoms with van der Waals surface area (Å²) in [7, 11) is 1.58. The van der Waals surface area contributed by atoms with Crippen LogP contribution >= 0.6 is 0 Å². The van der Waals surface area contributed by atoms with E-state index in [1.54, 1.807) is 7.11 Å². The van der Waals surface area contributed by atoms with Crippen molar-refractivity contribution in [3.05, 3.63) is 11.7 Å². The van der Waals surface area contributed by atoms with Crippen molar-refractivity contribution in [3.63, 3.8) is 0 Å². The molecule has 7 heteroatoms. The Kier molecular flexibility index (Phi) is 4.47. The van der Waals surface area contributed by atoms with Gasteiger partial charge in [-0.3, -0.25) is 4.79 Å². The second-order valence-corrected chi connectivity index (χ2v) is 5.36. The molecule has 0 N–H and O–H groups in total. The molecule has 1 fully saturated rings. The Balaban J connectivity index is 2.15. The lowest BCUT2D eigenvalue weighted by molar-refractivity contribution is -0.129. The highest BCUT2D eigenvalue weighted by atomic mass is 19.3. The van der Waals surface area contributed by atoms with Gasteiger partial charge < -0.3 is 9.26 Å². The van der Waals surface area contributed by atoms with Gasteiger partial charge in [-0.25, -0.2) is 8.78 Å². The Morgan fingerprint density at radius 3 is 2.95 bits per heavy atom. The van der Waals surface area contributed by atoms with Crippen LogP contribution in [0, 0.1) is 5.92 Å². The van der Waals surface area contributed by atoms with Crippen molar-refractivity contribution in [2.75, 3.05) is 7.11 Å². The highest BCUT2D eigenvalue weighted by Gasteiger charge is 2.41. The molecule has 1 aromatic rings. The molecule has 0 bridgehead atoms. The van der Waals surface area contributed by atoms with Gasteiger partial charge >= 0.3 is 0 Å². The van der Waals surface area contributed by atoms with Crippen LogP contribution in [-0.4, -0.2) is 29.5 Å². The lowest BCUT2D eigenvalue weighted by atomic mass is 9.78. The molecule has 1 aromatic heterocycles. The molecular formula is C13H18F2N2O3. The third-order valence-electron chi connectivity index (χ3n) is 3.79. The fourth-order valence-corrected chi connectivity index (χ4v) is 2.72. The van der Waals surface area contributed by atoms with E-state index in [1.807, 2.05) is 0 Å². The second-order valence-electron chi connectivity index (χ2n) is 5.36. The van der Waals surface area contributed by atoms with Crippen molar-refractivity contribution >= 4 is 5.78 Å². The lowest BCUT2D eigenvalue weighted by Gasteiger charge is -2.36. The predicted octanol–water partition coefficient (Wildman–Crippen LogP) is 2.50. The third kappa shape index (κ3) is 3.03. The summed E-state index contributed by atoms with van der Waals surface area (Å²) < 4.78 is 34.9. The van der Waals surface area contributed by atoms with Crippen LogP contribution in [-0.2, 0) is 21.6 Å². The number of nitrogens with zero attached hydrogens (tertiary/aromatic N) is 2. The van der Waals surface area contributed by atoms with E-state index in [1.165, 1.54) is 0 Å². The summed E-state index contributed by atoms with van der Waals surface area (Å²) in [6, 6.07) is 0. The average Bonchev–Trinajstić information content (AvgIpc) is 2.87. The topological polar surface area (TPSA) is 65.2 Å². The third-order valence-corrected chi connectivity index (χ3v) is 3.79. The fourth-order valence-electron chi connectivity index (χ4n) is 2.72. The number of rotatable bonds is 5. The highest BCUT2D eigenvalue weighted by molar-refractivity contribution is 5.82. The van der Waals surface area contributed by atoms with Crippen LogP contribution in [0.25, 0.3) is 0 Å². The zero-order valence-corrected chi connectivity index (χ0v) is 11.6. The summed E-state index contributed by atoms with van der Waals surface area (Å²) in [5, 5.41) is 3.82. The molecule has 1 saturated carbocycles. The molecule has 1 aliphatic rings. The van der Waals surface area contributed by atoms with Gasteiger partial charge in [0.2, 0.25) is 17.5 Å². The first-order chi connectivity index (χ1) is 9.47. The number of Topliss-reactive ketones (excluding diaryl/α,β-unsaturated/α-hetero) is 1. The molecule has 0 aromatic carbocycles. The van der Waals surface area contributed by atoms with Gasteiger partial charge in [-0.15, -0.1) is 0 Å². The number of hydrogen-bond donors (Lipinski definition) is 0. The van der Waals surface area contributed by atoms with Crippen LogP contribution in [0.2, 0.25) is 0 Å². The van der Waals surface area contributed by atoms with Crippen LogP contribution in [0.1, 0.15) is 44.3 Å². The van der Waals surface area contributed by atoms with Crippen molar-refractivity contribution < 1.29 is 22.8 Å². The maximum atomic E-state index is 12.2. The largest absolute Gasteiger partial charge is 0.370 e. The summed E-state index contributed by atoms with van der Waals surface area (Å²) in [5.74, 6) is -0.486. The van der Waals surface area contributed by atoms with Gasteiger partial charge in [-0.1, -0.05) is 18.5 Å². The molecule has 20 heavy (non-hydrogen) atoms. The van der Waals surface area contributed by atoms with E-state index in [2.05, 4.69) is 17.1 Å². The molecule has 0 spiro atoms. The van der Waals surface area contributed by atoms with Crippen LogP contribution in [0.3, 0.4) is 0 Å². The van der Waals surface area contributed by atoms with Crippen molar-refractivity contribution in [1.29, 1.82) is 0 Å². The Hall–Kier alpha value is -1.37. The zero-order valence-electron chi connectivity index (χ0n) is 11.6. The highest BCUT2D eigenvalue weighted by Crippen LogP contribution is 2.41. The molecule has 2 rings (SSSR count).